The van der Waals surface area contributed by atoms with Crippen LogP contribution in [0.2, 0.25) is 0 Å². The molecule has 1 saturated heterocycles. The minimum absolute atomic E-state index is 0.223. The van der Waals surface area contributed by atoms with Crippen molar-refractivity contribution >= 4 is 22.9 Å². The van der Waals surface area contributed by atoms with E-state index in [1.165, 1.54) is 6.07 Å². The second-order valence-corrected chi connectivity index (χ2v) is 5.11. The number of hydrogen-bond donors (Lipinski definition) is 1. The van der Waals surface area contributed by atoms with Gasteiger partial charge in [0.25, 0.3) is 0 Å². The molecule has 0 aliphatic carbocycles. The number of nitrogens with zero attached hydrogens (tertiary/aromatic N) is 1. The van der Waals surface area contributed by atoms with Crippen molar-refractivity contribution in [3.05, 3.63) is 29.6 Å². The first-order valence-electron chi connectivity index (χ1n) is 6.57. The Kier molecular flexibility index (Phi) is 4.71. The van der Waals surface area contributed by atoms with Crippen molar-refractivity contribution in [2.75, 3.05) is 24.6 Å². The molecule has 1 heterocycles. The smallest absolute Gasteiger partial charge is 0.147 e. The molecule has 0 amide bonds. The molecule has 0 unspecified atom stereocenters. The predicted octanol–water partition coefficient (Wildman–Crippen LogP) is 2.47. The van der Waals surface area contributed by atoms with Crippen molar-refractivity contribution in [3.8, 4) is 0 Å². The zero-order valence-electron chi connectivity index (χ0n) is 11.1. The average molecular weight is 282 g/mol. The molecule has 0 atom stereocenters. The number of rotatable bonds is 4. The Hall–Kier alpha value is -1.20. The van der Waals surface area contributed by atoms with Gasteiger partial charge in [0.1, 0.15) is 10.8 Å². The molecule has 2 N–H and O–H groups in total. The molecule has 2 rings (SSSR count). The van der Waals surface area contributed by atoms with Crippen LogP contribution in [0.5, 0.6) is 0 Å². The molecule has 0 spiro atoms. The summed E-state index contributed by atoms with van der Waals surface area (Å²) in [5.74, 6) is -0.264. The van der Waals surface area contributed by atoms with E-state index >= 15 is 0 Å². The van der Waals surface area contributed by atoms with E-state index in [0.29, 0.717) is 17.4 Å². The van der Waals surface area contributed by atoms with E-state index in [9.17, 15) is 4.39 Å². The molecule has 0 saturated carbocycles. The van der Waals surface area contributed by atoms with Crippen molar-refractivity contribution in [1.82, 2.24) is 0 Å². The fourth-order valence-corrected chi connectivity index (χ4v) is 2.54. The highest BCUT2D eigenvalue weighted by Gasteiger charge is 2.21. The van der Waals surface area contributed by atoms with Crippen molar-refractivity contribution in [1.29, 1.82) is 0 Å². The van der Waals surface area contributed by atoms with E-state index in [1.54, 1.807) is 12.1 Å². The topological polar surface area (TPSA) is 38.5 Å². The van der Waals surface area contributed by atoms with Crippen LogP contribution in [0.4, 0.5) is 10.1 Å². The van der Waals surface area contributed by atoms with Gasteiger partial charge in [-0.3, -0.25) is 0 Å². The van der Waals surface area contributed by atoms with E-state index in [0.717, 1.165) is 32.5 Å². The fraction of sp³-hybridized carbons (Fsp3) is 0.500. The minimum Gasteiger partial charge on any atom is -0.389 e. The Morgan fingerprint density at radius 1 is 1.47 bits per heavy atom. The van der Waals surface area contributed by atoms with Gasteiger partial charge in [-0.1, -0.05) is 12.2 Å². The highest BCUT2D eigenvalue weighted by atomic mass is 32.1. The summed E-state index contributed by atoms with van der Waals surface area (Å²) in [5.41, 5.74) is 6.69. The first kappa shape index (κ1) is 14.2. The Labute approximate surface area is 118 Å². The maximum absolute atomic E-state index is 14.1. The maximum Gasteiger partial charge on any atom is 0.147 e. The molecule has 1 aromatic rings. The minimum atomic E-state index is -0.264. The number of ether oxygens (including phenoxy) is 1. The molecule has 104 valence electrons. The SMILES string of the molecule is CCOC1CCN(c2ccc(C(N)=S)cc2F)CC1. The molecule has 1 aromatic carbocycles. The van der Waals surface area contributed by atoms with E-state index in [1.807, 2.05) is 11.8 Å². The third-order valence-corrected chi connectivity index (χ3v) is 3.65. The number of halogens is 1. The lowest BCUT2D eigenvalue weighted by Crippen LogP contribution is -2.37. The highest BCUT2D eigenvalue weighted by Crippen LogP contribution is 2.25. The molecule has 5 heteroatoms. The summed E-state index contributed by atoms with van der Waals surface area (Å²) in [6.07, 6.45) is 2.18. The summed E-state index contributed by atoms with van der Waals surface area (Å²) < 4.78 is 19.6. The van der Waals surface area contributed by atoms with Gasteiger partial charge < -0.3 is 15.4 Å². The van der Waals surface area contributed by atoms with Crippen LogP contribution in [0.1, 0.15) is 25.3 Å². The normalized spacial score (nSPS) is 16.6. The van der Waals surface area contributed by atoms with Gasteiger partial charge in [0.15, 0.2) is 0 Å². The first-order chi connectivity index (χ1) is 9.11. The zero-order chi connectivity index (χ0) is 13.8. The van der Waals surface area contributed by atoms with Crippen LogP contribution in [0, 0.1) is 5.82 Å². The molecule has 1 aliphatic rings. The van der Waals surface area contributed by atoms with Crippen molar-refractivity contribution in [3.63, 3.8) is 0 Å². The second-order valence-electron chi connectivity index (χ2n) is 4.67. The lowest BCUT2D eigenvalue weighted by molar-refractivity contribution is 0.0458. The summed E-state index contributed by atoms with van der Waals surface area (Å²) in [6.45, 7) is 4.37. The number of piperidine rings is 1. The Morgan fingerprint density at radius 2 is 2.16 bits per heavy atom. The third kappa shape index (κ3) is 3.42. The van der Waals surface area contributed by atoms with Gasteiger partial charge in [-0.15, -0.1) is 0 Å². The van der Waals surface area contributed by atoms with Crippen molar-refractivity contribution in [2.45, 2.75) is 25.9 Å². The Balaban J connectivity index is 2.05. The Morgan fingerprint density at radius 3 is 2.68 bits per heavy atom. The van der Waals surface area contributed by atoms with Gasteiger partial charge in [-0.2, -0.15) is 0 Å². The molecule has 0 radical (unpaired) electrons. The number of hydrogen-bond acceptors (Lipinski definition) is 3. The lowest BCUT2D eigenvalue weighted by Gasteiger charge is -2.33. The molecule has 0 aromatic heterocycles. The van der Waals surface area contributed by atoms with Crippen molar-refractivity contribution < 1.29 is 9.13 Å². The summed E-state index contributed by atoms with van der Waals surface area (Å²) in [7, 11) is 0. The average Bonchev–Trinajstić information content (AvgIpc) is 2.40. The summed E-state index contributed by atoms with van der Waals surface area (Å²) in [5, 5.41) is 0. The van der Waals surface area contributed by atoms with E-state index in [2.05, 4.69) is 0 Å². The third-order valence-electron chi connectivity index (χ3n) is 3.42. The highest BCUT2D eigenvalue weighted by molar-refractivity contribution is 7.80. The van der Waals surface area contributed by atoms with Gasteiger partial charge in [-0.05, 0) is 38.0 Å². The van der Waals surface area contributed by atoms with E-state index in [-0.39, 0.29) is 10.8 Å². The molecular formula is C14H19FN2OS. The molecular weight excluding hydrogens is 263 g/mol. The number of thiocarbonyl (C=S) groups is 1. The van der Waals surface area contributed by atoms with E-state index < -0.39 is 0 Å². The molecule has 3 nitrogen and oxygen atoms in total. The van der Waals surface area contributed by atoms with Gasteiger partial charge >= 0.3 is 0 Å². The van der Waals surface area contributed by atoms with Crippen LogP contribution in [0.3, 0.4) is 0 Å². The molecule has 1 fully saturated rings. The van der Waals surface area contributed by atoms with Crippen molar-refractivity contribution in [2.24, 2.45) is 5.73 Å². The fourth-order valence-electron chi connectivity index (χ4n) is 2.42. The maximum atomic E-state index is 14.1. The summed E-state index contributed by atoms with van der Waals surface area (Å²) in [6, 6.07) is 4.94. The van der Waals surface area contributed by atoms with Crippen LogP contribution < -0.4 is 10.6 Å². The zero-order valence-corrected chi connectivity index (χ0v) is 11.9. The van der Waals surface area contributed by atoms with E-state index in [4.69, 9.17) is 22.7 Å². The molecule has 19 heavy (non-hydrogen) atoms. The van der Waals surface area contributed by atoms with Crippen LogP contribution in [0.15, 0.2) is 18.2 Å². The predicted molar refractivity (Wildman–Crippen MR) is 79.1 cm³/mol. The molecule has 0 bridgehead atoms. The van der Waals surface area contributed by atoms with Crippen LogP contribution in [-0.2, 0) is 4.74 Å². The number of anilines is 1. The monoisotopic (exact) mass is 282 g/mol. The van der Waals surface area contributed by atoms with Crippen LogP contribution in [0.25, 0.3) is 0 Å². The van der Waals surface area contributed by atoms with Gasteiger partial charge in [0, 0.05) is 25.3 Å². The summed E-state index contributed by atoms with van der Waals surface area (Å²) >= 11 is 4.85. The largest absolute Gasteiger partial charge is 0.389 e. The van der Waals surface area contributed by atoms with Crippen LogP contribution in [-0.4, -0.2) is 30.8 Å². The first-order valence-corrected chi connectivity index (χ1v) is 6.98. The van der Waals surface area contributed by atoms with Crippen LogP contribution >= 0.6 is 12.2 Å². The second kappa shape index (κ2) is 6.30. The molecule has 1 aliphatic heterocycles. The standard InChI is InChI=1S/C14H19FN2OS/c1-2-18-11-5-7-17(8-6-11)13-4-3-10(14(16)19)9-12(13)15/h3-4,9,11H,2,5-8H2,1H3,(H2,16,19). The van der Waals surface area contributed by atoms with Gasteiger partial charge in [-0.25, -0.2) is 4.39 Å². The number of benzene rings is 1. The quantitative estimate of drug-likeness (QED) is 0.861. The Bertz CT molecular complexity index is 459. The number of nitrogens with two attached hydrogens (primary N) is 1. The summed E-state index contributed by atoms with van der Waals surface area (Å²) in [4.78, 5) is 2.27. The van der Waals surface area contributed by atoms with Gasteiger partial charge in [0.2, 0.25) is 0 Å². The lowest BCUT2D eigenvalue weighted by atomic mass is 10.1. The van der Waals surface area contributed by atoms with Gasteiger partial charge in [0.05, 0.1) is 11.8 Å².